The zero-order valence-corrected chi connectivity index (χ0v) is 11.9. The second-order valence-electron chi connectivity index (χ2n) is 4.93. The molecule has 0 radical (unpaired) electrons. The van der Waals surface area contributed by atoms with Crippen LogP contribution in [-0.2, 0) is 0 Å². The highest BCUT2D eigenvalue weighted by atomic mass is 15.1. The van der Waals surface area contributed by atoms with E-state index in [9.17, 15) is 0 Å². The molecule has 0 aliphatic heterocycles. The Kier molecular flexibility index (Phi) is 4.23. The number of benzene rings is 2. The van der Waals surface area contributed by atoms with Crippen molar-refractivity contribution in [2.45, 2.75) is 26.8 Å². The highest BCUT2D eigenvalue weighted by Gasteiger charge is 2.13. The predicted molar refractivity (Wildman–Crippen MR) is 82.9 cm³/mol. The molecule has 1 atom stereocenters. The topological polar surface area (TPSA) is 29.3 Å². The van der Waals surface area contributed by atoms with Crippen LogP contribution >= 0.6 is 0 Å². The van der Waals surface area contributed by atoms with Crippen molar-refractivity contribution < 1.29 is 0 Å². The van der Waals surface area contributed by atoms with Gasteiger partial charge in [-0.05, 0) is 50.1 Å². The Morgan fingerprint density at radius 2 is 1.84 bits per heavy atom. The summed E-state index contributed by atoms with van der Waals surface area (Å²) >= 11 is 0. The summed E-state index contributed by atoms with van der Waals surface area (Å²) < 4.78 is 0. The van der Waals surface area contributed by atoms with Gasteiger partial charge in [0, 0.05) is 24.0 Å². The average Bonchev–Trinajstić information content (AvgIpc) is 2.40. The van der Waals surface area contributed by atoms with E-state index in [1.165, 1.54) is 22.5 Å². The minimum absolute atomic E-state index is 0.0371. The standard InChI is InChI=1S/C17H22N2/c1-4-19(15-9-7-8-13(2)12-15)17-11-6-5-10-16(17)14(3)18/h5-12,14H,4,18H2,1-3H3. The van der Waals surface area contributed by atoms with Crippen molar-refractivity contribution in [3.8, 4) is 0 Å². The zero-order chi connectivity index (χ0) is 13.8. The summed E-state index contributed by atoms with van der Waals surface area (Å²) in [6.45, 7) is 7.24. The summed E-state index contributed by atoms with van der Waals surface area (Å²) in [6, 6.07) is 17.0. The molecule has 100 valence electrons. The van der Waals surface area contributed by atoms with E-state index in [2.05, 4.69) is 61.2 Å². The number of aryl methyl sites for hydroxylation is 1. The maximum atomic E-state index is 6.09. The molecule has 0 saturated heterocycles. The fourth-order valence-electron chi connectivity index (χ4n) is 2.41. The number of hydrogen-bond acceptors (Lipinski definition) is 2. The SMILES string of the molecule is CCN(c1cccc(C)c1)c1ccccc1C(C)N. The molecule has 0 aliphatic carbocycles. The molecule has 0 saturated carbocycles. The Bertz CT molecular complexity index is 546. The highest BCUT2D eigenvalue weighted by molar-refractivity contribution is 5.67. The zero-order valence-electron chi connectivity index (χ0n) is 11.9. The predicted octanol–water partition coefficient (Wildman–Crippen LogP) is 4.17. The van der Waals surface area contributed by atoms with E-state index in [0.29, 0.717) is 0 Å². The third-order valence-corrected chi connectivity index (χ3v) is 3.35. The van der Waals surface area contributed by atoms with Crippen molar-refractivity contribution >= 4 is 11.4 Å². The summed E-state index contributed by atoms with van der Waals surface area (Å²) in [5, 5.41) is 0. The van der Waals surface area contributed by atoms with Crippen molar-refractivity contribution in [2.75, 3.05) is 11.4 Å². The van der Waals surface area contributed by atoms with Gasteiger partial charge in [-0.15, -0.1) is 0 Å². The van der Waals surface area contributed by atoms with Crippen LogP contribution in [0.15, 0.2) is 48.5 Å². The summed E-state index contributed by atoms with van der Waals surface area (Å²) in [5.41, 5.74) is 11.0. The summed E-state index contributed by atoms with van der Waals surface area (Å²) in [4.78, 5) is 2.31. The number of para-hydroxylation sites is 1. The van der Waals surface area contributed by atoms with Gasteiger partial charge >= 0.3 is 0 Å². The molecule has 0 bridgehead atoms. The first-order chi connectivity index (χ1) is 9.13. The van der Waals surface area contributed by atoms with Crippen LogP contribution in [0, 0.1) is 6.92 Å². The van der Waals surface area contributed by atoms with E-state index in [0.717, 1.165) is 6.54 Å². The Hall–Kier alpha value is -1.80. The van der Waals surface area contributed by atoms with Gasteiger partial charge < -0.3 is 10.6 Å². The van der Waals surface area contributed by atoms with Gasteiger partial charge in [0.05, 0.1) is 0 Å². The van der Waals surface area contributed by atoms with Crippen LogP contribution in [0.1, 0.15) is 31.0 Å². The molecule has 0 spiro atoms. The van der Waals surface area contributed by atoms with Gasteiger partial charge in [0.25, 0.3) is 0 Å². The fraction of sp³-hybridized carbons (Fsp3) is 0.294. The Balaban J connectivity index is 2.48. The lowest BCUT2D eigenvalue weighted by Crippen LogP contribution is -2.20. The molecule has 0 heterocycles. The van der Waals surface area contributed by atoms with E-state index in [-0.39, 0.29) is 6.04 Å². The molecule has 2 aromatic rings. The monoisotopic (exact) mass is 254 g/mol. The molecule has 2 heteroatoms. The van der Waals surface area contributed by atoms with Crippen molar-refractivity contribution in [1.29, 1.82) is 0 Å². The second kappa shape index (κ2) is 5.89. The third-order valence-electron chi connectivity index (χ3n) is 3.35. The maximum Gasteiger partial charge on any atom is 0.0458 e. The number of nitrogens with two attached hydrogens (primary N) is 1. The Morgan fingerprint density at radius 1 is 1.11 bits per heavy atom. The quantitative estimate of drug-likeness (QED) is 0.887. The van der Waals surface area contributed by atoms with E-state index >= 15 is 0 Å². The van der Waals surface area contributed by atoms with E-state index in [1.54, 1.807) is 0 Å². The molecular weight excluding hydrogens is 232 g/mol. The normalized spacial score (nSPS) is 12.2. The van der Waals surface area contributed by atoms with Gasteiger partial charge in [-0.2, -0.15) is 0 Å². The minimum Gasteiger partial charge on any atom is -0.341 e. The first-order valence-corrected chi connectivity index (χ1v) is 6.82. The van der Waals surface area contributed by atoms with Gasteiger partial charge in [-0.3, -0.25) is 0 Å². The lowest BCUT2D eigenvalue weighted by atomic mass is 10.0. The molecule has 2 N–H and O–H groups in total. The summed E-state index contributed by atoms with van der Waals surface area (Å²) in [5.74, 6) is 0. The van der Waals surface area contributed by atoms with Crippen LogP contribution in [0.4, 0.5) is 11.4 Å². The molecule has 2 rings (SSSR count). The van der Waals surface area contributed by atoms with Gasteiger partial charge in [0.15, 0.2) is 0 Å². The van der Waals surface area contributed by atoms with Crippen LogP contribution in [0.5, 0.6) is 0 Å². The van der Waals surface area contributed by atoms with Crippen molar-refractivity contribution in [2.24, 2.45) is 5.73 Å². The second-order valence-corrected chi connectivity index (χ2v) is 4.93. The number of anilines is 2. The molecule has 19 heavy (non-hydrogen) atoms. The molecule has 2 nitrogen and oxygen atoms in total. The average molecular weight is 254 g/mol. The molecule has 2 aromatic carbocycles. The van der Waals surface area contributed by atoms with Gasteiger partial charge in [-0.1, -0.05) is 30.3 Å². The molecule has 0 fully saturated rings. The van der Waals surface area contributed by atoms with Gasteiger partial charge in [0.1, 0.15) is 0 Å². The van der Waals surface area contributed by atoms with Crippen LogP contribution in [0.25, 0.3) is 0 Å². The third kappa shape index (κ3) is 2.96. The van der Waals surface area contributed by atoms with Crippen LogP contribution < -0.4 is 10.6 Å². The molecule has 0 aromatic heterocycles. The first-order valence-electron chi connectivity index (χ1n) is 6.82. The van der Waals surface area contributed by atoms with Crippen molar-refractivity contribution in [1.82, 2.24) is 0 Å². The lowest BCUT2D eigenvalue weighted by molar-refractivity contribution is 0.811. The minimum atomic E-state index is 0.0371. The van der Waals surface area contributed by atoms with Crippen molar-refractivity contribution in [3.63, 3.8) is 0 Å². The lowest BCUT2D eigenvalue weighted by Gasteiger charge is -2.27. The van der Waals surface area contributed by atoms with Crippen molar-refractivity contribution in [3.05, 3.63) is 59.7 Å². The smallest absolute Gasteiger partial charge is 0.0458 e. The molecule has 0 aliphatic rings. The molecule has 1 unspecified atom stereocenters. The number of rotatable bonds is 4. The fourth-order valence-corrected chi connectivity index (χ4v) is 2.41. The number of nitrogens with zero attached hydrogens (tertiary/aromatic N) is 1. The Morgan fingerprint density at radius 3 is 2.47 bits per heavy atom. The van der Waals surface area contributed by atoms with Gasteiger partial charge in [0.2, 0.25) is 0 Å². The summed E-state index contributed by atoms with van der Waals surface area (Å²) in [6.07, 6.45) is 0. The Labute approximate surface area is 115 Å². The molecule has 0 amide bonds. The molecular formula is C17H22N2. The van der Waals surface area contributed by atoms with E-state index in [4.69, 9.17) is 5.73 Å². The highest BCUT2D eigenvalue weighted by Crippen LogP contribution is 2.31. The first kappa shape index (κ1) is 13.6. The van der Waals surface area contributed by atoms with E-state index < -0.39 is 0 Å². The maximum absolute atomic E-state index is 6.09. The van der Waals surface area contributed by atoms with Gasteiger partial charge in [-0.25, -0.2) is 0 Å². The van der Waals surface area contributed by atoms with Crippen LogP contribution in [0.2, 0.25) is 0 Å². The van der Waals surface area contributed by atoms with Crippen LogP contribution in [0.3, 0.4) is 0 Å². The van der Waals surface area contributed by atoms with E-state index in [1.807, 2.05) is 13.0 Å². The number of hydrogen-bond donors (Lipinski definition) is 1. The largest absolute Gasteiger partial charge is 0.341 e. The summed E-state index contributed by atoms with van der Waals surface area (Å²) in [7, 11) is 0. The van der Waals surface area contributed by atoms with Crippen LogP contribution in [-0.4, -0.2) is 6.54 Å².